The van der Waals surface area contributed by atoms with Gasteiger partial charge in [0, 0.05) is 71.0 Å². The van der Waals surface area contributed by atoms with Crippen LogP contribution in [0, 0.1) is 11.6 Å². The molecule has 0 bridgehead atoms. The zero-order chi connectivity index (χ0) is 31.9. The van der Waals surface area contributed by atoms with Crippen molar-refractivity contribution in [2.24, 2.45) is 0 Å². The van der Waals surface area contributed by atoms with Crippen LogP contribution in [0.2, 0.25) is 0 Å². The van der Waals surface area contributed by atoms with Gasteiger partial charge in [-0.2, -0.15) is 0 Å². The molecule has 0 atom stereocenters. The molecule has 2 aliphatic heterocycles. The molecule has 2 amide bonds. The van der Waals surface area contributed by atoms with E-state index < -0.39 is 11.6 Å². The highest BCUT2D eigenvalue weighted by atomic mass is 32.1. The number of hydrogen-bond acceptors (Lipinski definition) is 9. The second-order valence-electron chi connectivity index (χ2n) is 10.8. The normalized spacial score (nSPS) is 14.2. The molecule has 0 saturated carbocycles. The van der Waals surface area contributed by atoms with Crippen molar-refractivity contribution in [2.45, 2.75) is 25.9 Å². The van der Waals surface area contributed by atoms with Gasteiger partial charge in [0.05, 0.1) is 42.2 Å². The molecule has 4 aromatic heterocycles. The maximum absolute atomic E-state index is 16.0. The van der Waals surface area contributed by atoms with Gasteiger partial charge in [0.2, 0.25) is 11.8 Å². The number of carbonyl (C=O) groups is 2. The first-order valence-corrected chi connectivity index (χ1v) is 16.2. The minimum absolute atomic E-state index is 0.0234. The Balaban J connectivity index is 1.46. The van der Waals surface area contributed by atoms with Gasteiger partial charge in [-0.3, -0.25) is 14.6 Å². The van der Waals surface area contributed by atoms with Crippen LogP contribution in [-0.2, 0) is 40.3 Å². The molecule has 13 heteroatoms. The number of aromatic nitrogens is 3. The summed E-state index contributed by atoms with van der Waals surface area (Å²) in [4.78, 5) is 41.7. The number of thiazole rings is 1. The maximum Gasteiger partial charge on any atom is 0.246 e. The van der Waals surface area contributed by atoms with Gasteiger partial charge in [-0.1, -0.05) is 6.58 Å². The number of carbonyl (C=O) groups excluding carboxylic acids is 2. The number of amides is 2. The Labute approximate surface area is 270 Å². The monoisotopic (exact) mass is 659 g/mol. The average molecular weight is 660 g/mol. The summed E-state index contributed by atoms with van der Waals surface area (Å²) in [6.45, 7) is 5.14. The molecular formula is C33H27F2N5O4S2. The van der Waals surface area contributed by atoms with E-state index in [-0.39, 0.29) is 42.8 Å². The van der Waals surface area contributed by atoms with Crippen LogP contribution in [-0.4, -0.2) is 58.5 Å². The number of halogens is 2. The number of nitrogens with zero attached hydrogens (tertiary/aromatic N) is 4. The molecule has 0 radical (unpaired) electrons. The quantitative estimate of drug-likeness (QED) is 0.168. The van der Waals surface area contributed by atoms with Crippen LogP contribution in [0.3, 0.4) is 0 Å². The Morgan fingerprint density at radius 1 is 1.15 bits per heavy atom. The van der Waals surface area contributed by atoms with Crippen molar-refractivity contribution in [1.29, 1.82) is 0 Å². The fourth-order valence-electron chi connectivity index (χ4n) is 5.78. The summed E-state index contributed by atoms with van der Waals surface area (Å²) in [7, 11) is 1.52. The summed E-state index contributed by atoms with van der Waals surface area (Å²) >= 11 is 2.79. The summed E-state index contributed by atoms with van der Waals surface area (Å²) in [6, 6.07) is 5.88. The first-order valence-electron chi connectivity index (χ1n) is 14.5. The predicted octanol–water partition coefficient (Wildman–Crippen LogP) is 5.70. The zero-order valence-electron chi connectivity index (χ0n) is 24.7. The standard InChI is InChI=1S/C33H27F2N5O4S2/c1-3-27(42)40-6-4-22-25(16-40)46-33(38-22)31-29(28-21(35)11-19(34)12-24(28)44-8-7-43-2)32-20(5-9-45-32)30(39-31)18-10-17-14-37-26(41)13-23(17)36-15-18/h3,5,9-12,15H,1,4,6-8,13-14,16H2,2H3,(H,37,41). The Hall–Kier alpha value is -4.59. The summed E-state index contributed by atoms with van der Waals surface area (Å²) in [5, 5.41) is 6.05. The van der Waals surface area contributed by atoms with Crippen LogP contribution in [0.15, 0.2) is 48.5 Å². The topological polar surface area (TPSA) is 107 Å². The van der Waals surface area contributed by atoms with E-state index in [4.69, 9.17) is 19.4 Å². The molecular weight excluding hydrogens is 633 g/mol. The molecule has 0 saturated heterocycles. The van der Waals surface area contributed by atoms with E-state index in [1.807, 2.05) is 17.5 Å². The second-order valence-corrected chi connectivity index (χ2v) is 12.8. The first-order chi connectivity index (χ1) is 22.3. The number of nitrogens with one attached hydrogen (secondary N) is 1. The van der Waals surface area contributed by atoms with E-state index >= 15 is 4.39 Å². The van der Waals surface area contributed by atoms with Gasteiger partial charge in [0.15, 0.2) is 0 Å². The van der Waals surface area contributed by atoms with E-state index in [0.717, 1.165) is 33.2 Å². The minimum Gasteiger partial charge on any atom is -0.490 e. The molecule has 6 heterocycles. The van der Waals surface area contributed by atoms with Gasteiger partial charge in [-0.15, -0.1) is 22.7 Å². The number of rotatable bonds is 8. The van der Waals surface area contributed by atoms with Crippen LogP contribution in [0.25, 0.3) is 43.2 Å². The third-order valence-corrected chi connectivity index (χ3v) is 10.0. The first kappa shape index (κ1) is 30.1. The lowest BCUT2D eigenvalue weighted by atomic mass is 9.97. The van der Waals surface area contributed by atoms with E-state index in [2.05, 4.69) is 16.9 Å². The van der Waals surface area contributed by atoms with Crippen LogP contribution in [0.5, 0.6) is 5.75 Å². The van der Waals surface area contributed by atoms with Crippen molar-refractivity contribution in [1.82, 2.24) is 25.2 Å². The number of methoxy groups -OCH3 is 1. The van der Waals surface area contributed by atoms with Gasteiger partial charge >= 0.3 is 0 Å². The average Bonchev–Trinajstić information content (AvgIpc) is 3.71. The van der Waals surface area contributed by atoms with E-state index in [1.54, 1.807) is 11.1 Å². The van der Waals surface area contributed by atoms with Crippen LogP contribution in [0.1, 0.15) is 21.8 Å². The zero-order valence-corrected chi connectivity index (χ0v) is 26.3. The number of benzene rings is 1. The molecule has 0 aliphatic carbocycles. The SMILES string of the molecule is C=CC(=O)N1CCc2nc(-c3nc(-c4cnc5c(c4)CNC(=O)C5)c4ccsc4c3-c3c(F)cc(F)cc3OCCOC)sc2C1. The molecule has 5 aromatic rings. The third kappa shape index (κ3) is 5.44. The van der Waals surface area contributed by atoms with Gasteiger partial charge in [0.1, 0.15) is 34.7 Å². The molecule has 0 unspecified atom stereocenters. The molecule has 9 nitrogen and oxygen atoms in total. The number of fused-ring (bicyclic) bond motifs is 3. The lowest BCUT2D eigenvalue weighted by Crippen LogP contribution is -2.34. The predicted molar refractivity (Wildman–Crippen MR) is 172 cm³/mol. The number of pyridine rings is 2. The maximum atomic E-state index is 16.0. The largest absolute Gasteiger partial charge is 0.490 e. The minimum atomic E-state index is -0.798. The molecule has 2 aliphatic rings. The Bertz CT molecular complexity index is 2040. The molecule has 0 fully saturated rings. The van der Waals surface area contributed by atoms with Crippen molar-refractivity contribution in [2.75, 3.05) is 26.9 Å². The number of hydrogen-bond donors (Lipinski definition) is 1. The summed E-state index contributed by atoms with van der Waals surface area (Å²) in [6.07, 6.45) is 3.74. The van der Waals surface area contributed by atoms with E-state index in [0.29, 0.717) is 58.4 Å². The molecule has 1 N–H and O–H groups in total. The number of ether oxygens (including phenoxy) is 2. The summed E-state index contributed by atoms with van der Waals surface area (Å²) in [5.74, 6) is -1.79. The Morgan fingerprint density at radius 3 is 2.85 bits per heavy atom. The van der Waals surface area contributed by atoms with Crippen molar-refractivity contribution >= 4 is 44.6 Å². The molecule has 234 valence electrons. The van der Waals surface area contributed by atoms with Crippen molar-refractivity contribution < 1.29 is 27.8 Å². The fourth-order valence-corrected chi connectivity index (χ4v) is 7.84. The van der Waals surface area contributed by atoms with Crippen molar-refractivity contribution in [3.8, 4) is 38.8 Å². The highest BCUT2D eigenvalue weighted by Gasteiger charge is 2.30. The van der Waals surface area contributed by atoms with Crippen LogP contribution < -0.4 is 10.1 Å². The third-order valence-electron chi connectivity index (χ3n) is 7.98. The van der Waals surface area contributed by atoms with E-state index in [9.17, 15) is 14.0 Å². The summed E-state index contributed by atoms with van der Waals surface area (Å²) in [5.41, 5.74) is 4.69. The van der Waals surface area contributed by atoms with Gasteiger partial charge in [0.25, 0.3) is 0 Å². The highest BCUT2D eigenvalue weighted by Crippen LogP contribution is 2.48. The lowest BCUT2D eigenvalue weighted by molar-refractivity contribution is -0.126. The highest BCUT2D eigenvalue weighted by molar-refractivity contribution is 7.18. The number of thiophene rings is 1. The molecule has 1 aromatic carbocycles. The Morgan fingerprint density at radius 2 is 2.02 bits per heavy atom. The van der Waals surface area contributed by atoms with Crippen molar-refractivity contribution in [3.05, 3.63) is 82.0 Å². The Kier molecular flexibility index (Phi) is 8.05. The van der Waals surface area contributed by atoms with Gasteiger partial charge in [-0.05, 0) is 29.2 Å². The van der Waals surface area contributed by atoms with Gasteiger partial charge < -0.3 is 19.7 Å². The molecule has 7 rings (SSSR count). The van der Waals surface area contributed by atoms with E-state index in [1.165, 1.54) is 41.9 Å². The second kappa shape index (κ2) is 12.3. The fraction of sp³-hybridized carbons (Fsp3) is 0.242. The summed E-state index contributed by atoms with van der Waals surface area (Å²) < 4.78 is 42.3. The molecule has 46 heavy (non-hydrogen) atoms. The van der Waals surface area contributed by atoms with Gasteiger partial charge in [-0.25, -0.2) is 18.7 Å². The smallest absolute Gasteiger partial charge is 0.246 e. The molecule has 0 spiro atoms. The van der Waals surface area contributed by atoms with Crippen LogP contribution >= 0.6 is 22.7 Å². The van der Waals surface area contributed by atoms with Crippen LogP contribution in [0.4, 0.5) is 8.78 Å². The lowest BCUT2D eigenvalue weighted by Gasteiger charge is -2.24. The van der Waals surface area contributed by atoms with Crippen molar-refractivity contribution in [3.63, 3.8) is 0 Å².